The van der Waals surface area contributed by atoms with Crippen molar-refractivity contribution in [1.29, 1.82) is 0 Å². The van der Waals surface area contributed by atoms with Gasteiger partial charge in [-0.3, -0.25) is 15.0 Å². The highest BCUT2D eigenvalue weighted by Crippen LogP contribution is 2.13. The molecule has 1 unspecified atom stereocenters. The summed E-state index contributed by atoms with van der Waals surface area (Å²) in [5.74, 6) is 0. The van der Waals surface area contributed by atoms with Crippen LogP contribution in [0.4, 0.5) is 0 Å². The minimum atomic E-state index is -0.463. The summed E-state index contributed by atoms with van der Waals surface area (Å²) in [6.45, 7) is 0.140. The second-order valence-corrected chi connectivity index (χ2v) is 4.37. The van der Waals surface area contributed by atoms with Crippen LogP contribution in [0.1, 0.15) is 17.2 Å². The number of rotatable bonds is 7. The van der Waals surface area contributed by atoms with E-state index >= 15 is 0 Å². The Bertz CT molecular complexity index is 531. The molecule has 104 valence electrons. The molecule has 1 N–H and O–H groups in total. The Hall–Kier alpha value is -2.24. The summed E-state index contributed by atoms with van der Waals surface area (Å²) in [7, 11) is 0. The van der Waals surface area contributed by atoms with Gasteiger partial charge in [-0.15, -0.1) is 0 Å². The summed E-state index contributed by atoms with van der Waals surface area (Å²) in [6, 6.07) is 18.4. The molecule has 0 saturated carbocycles. The molecule has 0 saturated heterocycles. The Labute approximate surface area is 117 Å². The van der Waals surface area contributed by atoms with Crippen molar-refractivity contribution in [3.8, 4) is 0 Å². The molecule has 0 aliphatic heterocycles. The van der Waals surface area contributed by atoms with Gasteiger partial charge in [-0.1, -0.05) is 60.7 Å². The molecule has 0 aromatic heterocycles. The Morgan fingerprint density at radius 2 is 1.65 bits per heavy atom. The van der Waals surface area contributed by atoms with Gasteiger partial charge in [-0.2, -0.15) is 5.48 Å². The van der Waals surface area contributed by atoms with Gasteiger partial charge in [-0.25, -0.2) is 0 Å². The van der Waals surface area contributed by atoms with Gasteiger partial charge in [-0.05, 0) is 11.1 Å². The first-order valence-electron chi connectivity index (χ1n) is 6.33. The normalized spacial score (nSPS) is 12.0. The molecule has 2 aromatic carbocycles. The molecule has 2 rings (SSSR count). The molecule has 0 spiro atoms. The molecule has 5 heteroatoms. The van der Waals surface area contributed by atoms with Crippen LogP contribution in [0.25, 0.3) is 0 Å². The Morgan fingerprint density at radius 1 is 1.05 bits per heavy atom. The van der Waals surface area contributed by atoms with Crippen LogP contribution in [0.5, 0.6) is 0 Å². The van der Waals surface area contributed by atoms with E-state index in [0.717, 1.165) is 11.1 Å². The minimum Gasteiger partial charge on any atom is -0.296 e. The quantitative estimate of drug-likeness (QED) is 0.621. The number of nitrogens with one attached hydrogen (secondary N) is 1. The van der Waals surface area contributed by atoms with Crippen LogP contribution in [0.15, 0.2) is 60.7 Å². The van der Waals surface area contributed by atoms with Crippen molar-refractivity contribution in [2.75, 3.05) is 6.54 Å². The smallest absolute Gasteiger partial charge is 0.225 e. The second kappa shape index (κ2) is 7.37. The predicted octanol–water partition coefficient (Wildman–Crippen LogP) is 2.73. The van der Waals surface area contributed by atoms with E-state index in [1.165, 1.54) is 0 Å². The van der Waals surface area contributed by atoms with E-state index < -0.39 is 6.04 Å². The van der Waals surface area contributed by atoms with Gasteiger partial charge < -0.3 is 0 Å². The van der Waals surface area contributed by atoms with Crippen LogP contribution in [0, 0.1) is 10.1 Å². The van der Waals surface area contributed by atoms with E-state index in [0.29, 0.717) is 6.61 Å². The van der Waals surface area contributed by atoms with Crippen LogP contribution in [0.3, 0.4) is 0 Å². The van der Waals surface area contributed by atoms with Crippen LogP contribution in [0.2, 0.25) is 0 Å². The van der Waals surface area contributed by atoms with Gasteiger partial charge in [0.2, 0.25) is 6.54 Å². The topological polar surface area (TPSA) is 64.4 Å². The summed E-state index contributed by atoms with van der Waals surface area (Å²) < 4.78 is 0. The zero-order chi connectivity index (χ0) is 14.2. The van der Waals surface area contributed by atoms with Crippen molar-refractivity contribution < 1.29 is 9.76 Å². The van der Waals surface area contributed by atoms with Gasteiger partial charge >= 0.3 is 0 Å². The minimum absolute atomic E-state index is 0.223. The molecule has 0 aliphatic carbocycles. The molecule has 0 bridgehead atoms. The number of benzene rings is 2. The molecule has 0 heterocycles. The van der Waals surface area contributed by atoms with Crippen LogP contribution < -0.4 is 5.48 Å². The molecular formula is C15H16N2O3. The number of nitrogens with zero attached hydrogens (tertiary/aromatic N) is 1. The number of hydrogen-bond acceptors (Lipinski definition) is 4. The lowest BCUT2D eigenvalue weighted by Crippen LogP contribution is -2.28. The SMILES string of the molecule is O=[N+]([O-])CC(NOCc1ccccc1)c1ccccc1. The summed E-state index contributed by atoms with van der Waals surface area (Å²) in [5, 5.41) is 10.7. The molecule has 20 heavy (non-hydrogen) atoms. The maximum atomic E-state index is 10.7. The molecule has 5 nitrogen and oxygen atoms in total. The number of hydrogen-bond donors (Lipinski definition) is 1. The van der Waals surface area contributed by atoms with E-state index in [2.05, 4.69) is 5.48 Å². The molecule has 0 radical (unpaired) electrons. The van der Waals surface area contributed by atoms with E-state index in [-0.39, 0.29) is 11.5 Å². The average Bonchev–Trinajstić information content (AvgIpc) is 2.48. The Kier molecular flexibility index (Phi) is 5.23. The zero-order valence-corrected chi connectivity index (χ0v) is 10.9. The lowest BCUT2D eigenvalue weighted by atomic mass is 10.1. The number of nitro groups is 1. The molecular weight excluding hydrogens is 256 g/mol. The highest BCUT2D eigenvalue weighted by Gasteiger charge is 2.17. The van der Waals surface area contributed by atoms with Crippen LogP contribution in [-0.2, 0) is 11.4 Å². The van der Waals surface area contributed by atoms with E-state index in [1.54, 1.807) is 0 Å². The lowest BCUT2D eigenvalue weighted by Gasteiger charge is -2.15. The molecule has 0 amide bonds. The summed E-state index contributed by atoms with van der Waals surface area (Å²) in [5.41, 5.74) is 4.61. The van der Waals surface area contributed by atoms with Crippen molar-refractivity contribution >= 4 is 0 Å². The van der Waals surface area contributed by atoms with E-state index in [9.17, 15) is 10.1 Å². The van der Waals surface area contributed by atoms with Crippen molar-refractivity contribution in [2.45, 2.75) is 12.6 Å². The molecule has 1 atom stereocenters. The monoisotopic (exact) mass is 272 g/mol. The van der Waals surface area contributed by atoms with Crippen molar-refractivity contribution in [3.05, 3.63) is 81.9 Å². The van der Waals surface area contributed by atoms with E-state index in [4.69, 9.17) is 4.84 Å². The van der Waals surface area contributed by atoms with Gasteiger partial charge in [0.05, 0.1) is 6.61 Å². The zero-order valence-electron chi connectivity index (χ0n) is 10.9. The summed E-state index contributed by atoms with van der Waals surface area (Å²) in [6.07, 6.45) is 0. The molecule has 2 aromatic rings. The maximum absolute atomic E-state index is 10.7. The molecule has 0 fully saturated rings. The summed E-state index contributed by atoms with van der Waals surface area (Å²) >= 11 is 0. The largest absolute Gasteiger partial charge is 0.296 e. The standard InChI is InChI=1S/C15H16N2O3/c18-17(19)11-15(14-9-5-2-6-10-14)16-20-12-13-7-3-1-4-8-13/h1-10,15-16H,11-12H2. The first-order chi connectivity index (χ1) is 9.75. The highest BCUT2D eigenvalue weighted by atomic mass is 16.7. The lowest BCUT2D eigenvalue weighted by molar-refractivity contribution is -0.486. The summed E-state index contributed by atoms with van der Waals surface area (Å²) in [4.78, 5) is 15.8. The van der Waals surface area contributed by atoms with Crippen molar-refractivity contribution in [2.24, 2.45) is 0 Å². The van der Waals surface area contributed by atoms with Crippen LogP contribution in [-0.4, -0.2) is 11.5 Å². The van der Waals surface area contributed by atoms with Gasteiger partial charge in [0.1, 0.15) is 6.04 Å². The molecule has 0 aliphatic rings. The maximum Gasteiger partial charge on any atom is 0.225 e. The first-order valence-corrected chi connectivity index (χ1v) is 6.33. The van der Waals surface area contributed by atoms with Gasteiger partial charge in [0.25, 0.3) is 0 Å². The fraction of sp³-hybridized carbons (Fsp3) is 0.200. The van der Waals surface area contributed by atoms with Crippen molar-refractivity contribution in [3.63, 3.8) is 0 Å². The second-order valence-electron chi connectivity index (χ2n) is 4.37. The highest BCUT2D eigenvalue weighted by molar-refractivity contribution is 5.18. The fourth-order valence-electron chi connectivity index (χ4n) is 1.84. The average molecular weight is 272 g/mol. The van der Waals surface area contributed by atoms with E-state index in [1.807, 2.05) is 60.7 Å². The Balaban J connectivity index is 1.93. The predicted molar refractivity (Wildman–Crippen MR) is 75.4 cm³/mol. The number of hydroxylamine groups is 1. The third-order valence-electron chi connectivity index (χ3n) is 2.84. The van der Waals surface area contributed by atoms with Gasteiger partial charge in [0.15, 0.2) is 0 Å². The Morgan fingerprint density at radius 3 is 2.25 bits per heavy atom. The van der Waals surface area contributed by atoms with Crippen LogP contribution >= 0.6 is 0 Å². The van der Waals surface area contributed by atoms with Gasteiger partial charge in [0, 0.05) is 4.92 Å². The third kappa shape index (κ3) is 4.46. The van der Waals surface area contributed by atoms with Crippen molar-refractivity contribution in [1.82, 2.24) is 5.48 Å². The first kappa shape index (κ1) is 14.2. The fourth-order valence-corrected chi connectivity index (χ4v) is 1.84. The third-order valence-corrected chi connectivity index (χ3v) is 2.84.